The number of carbonyl (C=O) groups is 1. The Morgan fingerprint density at radius 1 is 1.38 bits per heavy atom. The van der Waals surface area contributed by atoms with Gasteiger partial charge >= 0.3 is 0 Å². The smallest absolute Gasteiger partial charge is 0.178 e. The molecule has 1 aromatic heterocycles. The molecule has 0 amide bonds. The van der Waals surface area contributed by atoms with Crippen molar-refractivity contribution < 1.29 is 9.53 Å². The molecule has 0 radical (unpaired) electrons. The summed E-state index contributed by atoms with van der Waals surface area (Å²) in [5.41, 5.74) is 3.15. The molecule has 0 aromatic carbocycles. The number of Topliss-reactive ketones (excluding diaryl/α,β-unsaturated/α-hetero) is 1. The Hall–Kier alpha value is -1.13. The minimum Gasteiger partial charge on any atom is -0.377 e. The number of ketones is 1. The Kier molecular flexibility index (Phi) is 5.59. The van der Waals surface area contributed by atoms with E-state index in [9.17, 15) is 4.79 Å². The summed E-state index contributed by atoms with van der Waals surface area (Å²) in [6.45, 7) is 12.3. The highest BCUT2D eigenvalue weighted by atomic mass is 16.5. The van der Waals surface area contributed by atoms with Gasteiger partial charge in [0.2, 0.25) is 0 Å². The van der Waals surface area contributed by atoms with Gasteiger partial charge in [-0.25, -0.2) is 0 Å². The molecular formula is C17H28N2O2. The SMILES string of the molecule is CCOC1CCCN(CC(=O)c2cc(C)n(CC)c2C)C1. The van der Waals surface area contributed by atoms with Crippen LogP contribution < -0.4 is 0 Å². The lowest BCUT2D eigenvalue weighted by atomic mass is 10.1. The summed E-state index contributed by atoms with van der Waals surface area (Å²) in [4.78, 5) is 14.8. The van der Waals surface area contributed by atoms with Crippen molar-refractivity contribution in [2.75, 3.05) is 26.2 Å². The van der Waals surface area contributed by atoms with Gasteiger partial charge in [-0.2, -0.15) is 0 Å². The van der Waals surface area contributed by atoms with Gasteiger partial charge in [0.05, 0.1) is 12.6 Å². The average molecular weight is 292 g/mol. The predicted molar refractivity (Wildman–Crippen MR) is 85.0 cm³/mol. The Morgan fingerprint density at radius 2 is 2.14 bits per heavy atom. The van der Waals surface area contributed by atoms with Gasteiger partial charge in [0.15, 0.2) is 5.78 Å². The number of hydrogen-bond acceptors (Lipinski definition) is 3. The van der Waals surface area contributed by atoms with Crippen LogP contribution in [0.2, 0.25) is 0 Å². The number of aryl methyl sites for hydroxylation is 1. The molecule has 0 aliphatic carbocycles. The van der Waals surface area contributed by atoms with Crippen molar-refractivity contribution in [3.05, 3.63) is 23.0 Å². The number of carbonyl (C=O) groups excluding carboxylic acids is 1. The van der Waals surface area contributed by atoms with E-state index in [0.717, 1.165) is 50.3 Å². The third-order valence-corrected chi connectivity index (χ3v) is 4.42. The lowest BCUT2D eigenvalue weighted by Crippen LogP contribution is -2.42. The fourth-order valence-corrected chi connectivity index (χ4v) is 3.39. The predicted octanol–water partition coefficient (Wildman–Crippen LogP) is 2.81. The number of aromatic nitrogens is 1. The molecule has 0 N–H and O–H groups in total. The minimum atomic E-state index is 0.236. The molecule has 2 rings (SSSR count). The lowest BCUT2D eigenvalue weighted by Gasteiger charge is -2.31. The average Bonchev–Trinajstić information content (AvgIpc) is 2.74. The number of likely N-dealkylation sites (tertiary alicyclic amines) is 1. The van der Waals surface area contributed by atoms with Gasteiger partial charge in [-0.3, -0.25) is 9.69 Å². The molecule has 0 spiro atoms. The normalized spacial score (nSPS) is 19.9. The minimum absolute atomic E-state index is 0.236. The Balaban J connectivity index is 2.01. The van der Waals surface area contributed by atoms with Crippen LogP contribution in [-0.4, -0.2) is 47.6 Å². The topological polar surface area (TPSA) is 34.5 Å². The van der Waals surface area contributed by atoms with Crippen LogP contribution in [0.25, 0.3) is 0 Å². The second kappa shape index (κ2) is 7.23. The first-order valence-electron chi connectivity index (χ1n) is 8.10. The van der Waals surface area contributed by atoms with E-state index >= 15 is 0 Å². The molecule has 0 saturated carbocycles. The third-order valence-electron chi connectivity index (χ3n) is 4.42. The largest absolute Gasteiger partial charge is 0.377 e. The summed E-state index contributed by atoms with van der Waals surface area (Å²) >= 11 is 0. The molecule has 2 heterocycles. The van der Waals surface area contributed by atoms with Crippen molar-refractivity contribution in [2.24, 2.45) is 0 Å². The van der Waals surface area contributed by atoms with Crippen LogP contribution in [0.1, 0.15) is 48.4 Å². The number of rotatable bonds is 6. The van der Waals surface area contributed by atoms with Gasteiger partial charge in [-0.15, -0.1) is 0 Å². The Morgan fingerprint density at radius 3 is 2.76 bits per heavy atom. The first kappa shape index (κ1) is 16.2. The summed E-state index contributed by atoms with van der Waals surface area (Å²) < 4.78 is 7.91. The molecule has 1 atom stereocenters. The Bertz CT molecular complexity index is 491. The maximum Gasteiger partial charge on any atom is 0.178 e. The molecule has 21 heavy (non-hydrogen) atoms. The fourth-order valence-electron chi connectivity index (χ4n) is 3.39. The van der Waals surface area contributed by atoms with E-state index < -0.39 is 0 Å². The van der Waals surface area contributed by atoms with Crippen LogP contribution in [0.15, 0.2) is 6.07 Å². The molecule has 4 heteroatoms. The molecular weight excluding hydrogens is 264 g/mol. The number of nitrogens with zero attached hydrogens (tertiary/aromatic N) is 2. The summed E-state index contributed by atoms with van der Waals surface area (Å²) in [6.07, 6.45) is 2.52. The van der Waals surface area contributed by atoms with Crippen molar-refractivity contribution in [1.82, 2.24) is 9.47 Å². The summed E-state index contributed by atoms with van der Waals surface area (Å²) in [6, 6.07) is 2.03. The van der Waals surface area contributed by atoms with Gasteiger partial charge in [0, 0.05) is 36.6 Å². The number of ether oxygens (including phenoxy) is 1. The van der Waals surface area contributed by atoms with Crippen LogP contribution in [0.3, 0.4) is 0 Å². The monoisotopic (exact) mass is 292 g/mol. The molecule has 1 unspecified atom stereocenters. The highest BCUT2D eigenvalue weighted by Gasteiger charge is 2.23. The van der Waals surface area contributed by atoms with Gasteiger partial charge < -0.3 is 9.30 Å². The van der Waals surface area contributed by atoms with E-state index in [1.165, 1.54) is 5.69 Å². The lowest BCUT2D eigenvalue weighted by molar-refractivity contribution is 0.00718. The van der Waals surface area contributed by atoms with Gasteiger partial charge in [-0.1, -0.05) is 0 Å². The molecule has 1 aromatic rings. The van der Waals surface area contributed by atoms with Crippen LogP contribution in [0.4, 0.5) is 0 Å². The molecule has 1 aliphatic rings. The van der Waals surface area contributed by atoms with Gasteiger partial charge in [0.25, 0.3) is 0 Å². The quantitative estimate of drug-likeness (QED) is 0.756. The second-order valence-electron chi connectivity index (χ2n) is 5.91. The van der Waals surface area contributed by atoms with E-state index in [1.54, 1.807) is 0 Å². The summed E-state index contributed by atoms with van der Waals surface area (Å²) in [7, 11) is 0. The zero-order chi connectivity index (χ0) is 15.4. The van der Waals surface area contributed by atoms with Crippen molar-refractivity contribution in [1.29, 1.82) is 0 Å². The molecule has 118 valence electrons. The van der Waals surface area contributed by atoms with Crippen molar-refractivity contribution in [3.63, 3.8) is 0 Å². The van der Waals surface area contributed by atoms with Crippen molar-refractivity contribution in [3.8, 4) is 0 Å². The second-order valence-corrected chi connectivity index (χ2v) is 5.91. The van der Waals surface area contributed by atoms with Crippen LogP contribution in [-0.2, 0) is 11.3 Å². The van der Waals surface area contributed by atoms with Crippen LogP contribution >= 0.6 is 0 Å². The van der Waals surface area contributed by atoms with Crippen LogP contribution in [0, 0.1) is 13.8 Å². The summed E-state index contributed by atoms with van der Waals surface area (Å²) in [5.74, 6) is 0.236. The highest BCUT2D eigenvalue weighted by molar-refractivity contribution is 5.99. The van der Waals surface area contributed by atoms with E-state index in [0.29, 0.717) is 12.6 Å². The van der Waals surface area contributed by atoms with Gasteiger partial charge in [-0.05, 0) is 53.1 Å². The molecule has 1 saturated heterocycles. The highest BCUT2D eigenvalue weighted by Crippen LogP contribution is 2.18. The zero-order valence-corrected chi connectivity index (χ0v) is 13.8. The standard InChI is InChI=1S/C17H28N2O2/c1-5-19-13(3)10-16(14(19)4)17(20)12-18-9-7-8-15(11-18)21-6-2/h10,15H,5-9,11-12H2,1-4H3. The van der Waals surface area contributed by atoms with E-state index in [4.69, 9.17) is 4.74 Å². The number of piperidine rings is 1. The molecule has 1 aliphatic heterocycles. The molecule has 4 nitrogen and oxygen atoms in total. The zero-order valence-electron chi connectivity index (χ0n) is 13.8. The van der Waals surface area contributed by atoms with Crippen molar-refractivity contribution in [2.45, 2.75) is 53.2 Å². The first-order chi connectivity index (χ1) is 10.1. The third kappa shape index (κ3) is 3.74. The molecule has 1 fully saturated rings. The first-order valence-corrected chi connectivity index (χ1v) is 8.10. The summed E-state index contributed by atoms with van der Waals surface area (Å²) in [5, 5.41) is 0. The fraction of sp³-hybridized carbons (Fsp3) is 0.706. The number of hydrogen-bond donors (Lipinski definition) is 0. The van der Waals surface area contributed by atoms with E-state index in [2.05, 4.69) is 23.3 Å². The Labute approximate surface area is 128 Å². The van der Waals surface area contributed by atoms with Crippen LogP contribution in [0.5, 0.6) is 0 Å². The molecule has 0 bridgehead atoms. The van der Waals surface area contributed by atoms with E-state index in [-0.39, 0.29) is 5.78 Å². The maximum absolute atomic E-state index is 12.6. The van der Waals surface area contributed by atoms with Crippen molar-refractivity contribution >= 4 is 5.78 Å². The maximum atomic E-state index is 12.6. The van der Waals surface area contributed by atoms with E-state index in [1.807, 2.05) is 19.9 Å². The van der Waals surface area contributed by atoms with Gasteiger partial charge in [0.1, 0.15) is 0 Å².